The minimum Gasteiger partial charge on any atom is -0.465 e. The molecule has 1 unspecified atom stereocenters. The zero-order chi connectivity index (χ0) is 15.8. The van der Waals surface area contributed by atoms with E-state index in [2.05, 4.69) is 0 Å². The van der Waals surface area contributed by atoms with E-state index in [0.29, 0.717) is 11.8 Å². The molecule has 2 aliphatic rings. The summed E-state index contributed by atoms with van der Waals surface area (Å²) in [7, 11) is 1.66. The fourth-order valence-electron chi connectivity index (χ4n) is 4.44. The smallest absolute Gasteiger partial charge is 0.407 e. The van der Waals surface area contributed by atoms with Crippen LogP contribution in [-0.2, 0) is 9.53 Å². The summed E-state index contributed by atoms with van der Waals surface area (Å²) < 4.78 is 5.46. The molecule has 0 spiro atoms. The number of nitrogens with zero attached hydrogens (tertiary/aromatic N) is 1. The number of hydrogen-bond donors (Lipinski definition) is 1. The van der Waals surface area contributed by atoms with E-state index in [1.54, 1.807) is 12.0 Å². The van der Waals surface area contributed by atoms with Crippen molar-refractivity contribution in [3.05, 3.63) is 0 Å². The third-order valence-electron chi connectivity index (χ3n) is 5.23. The number of rotatable bonds is 3. The van der Waals surface area contributed by atoms with Gasteiger partial charge in [-0.2, -0.15) is 0 Å². The number of carbonyl (C=O) groups is 2. The van der Waals surface area contributed by atoms with Crippen molar-refractivity contribution in [2.24, 2.45) is 17.8 Å². The van der Waals surface area contributed by atoms with Gasteiger partial charge in [-0.05, 0) is 58.3 Å². The Hall–Kier alpha value is -1.10. The fourth-order valence-corrected chi connectivity index (χ4v) is 4.44. The molecule has 0 heterocycles. The number of carboxylic acid groups (broad SMARTS) is 1. The van der Waals surface area contributed by atoms with Gasteiger partial charge in [0.15, 0.2) is 0 Å². The Bertz CT molecular complexity index is 404. The lowest BCUT2D eigenvalue weighted by Crippen LogP contribution is -2.53. The first-order valence-electron chi connectivity index (χ1n) is 7.80. The van der Waals surface area contributed by atoms with Crippen LogP contribution in [0, 0.1) is 17.8 Å². The number of carbonyl (C=O) groups excluding carboxylic acids is 1. The molecule has 2 rings (SSSR count). The van der Waals surface area contributed by atoms with Crippen LogP contribution in [0.2, 0.25) is 0 Å². The Balaban J connectivity index is 2.13. The van der Waals surface area contributed by atoms with E-state index in [1.165, 1.54) is 0 Å². The van der Waals surface area contributed by atoms with Gasteiger partial charge in [0.1, 0.15) is 6.29 Å². The van der Waals surface area contributed by atoms with Crippen molar-refractivity contribution < 1.29 is 19.4 Å². The molecule has 0 aromatic carbocycles. The van der Waals surface area contributed by atoms with Crippen molar-refractivity contribution in [3.63, 3.8) is 0 Å². The lowest BCUT2D eigenvalue weighted by Gasteiger charge is -2.44. The van der Waals surface area contributed by atoms with Crippen LogP contribution in [-0.4, -0.2) is 47.2 Å². The molecular weight excluding hydrogens is 270 g/mol. The molecule has 2 saturated carbocycles. The van der Waals surface area contributed by atoms with Gasteiger partial charge < -0.3 is 19.5 Å². The van der Waals surface area contributed by atoms with Crippen LogP contribution < -0.4 is 0 Å². The van der Waals surface area contributed by atoms with Gasteiger partial charge in [0.05, 0.1) is 6.10 Å². The lowest BCUT2D eigenvalue weighted by molar-refractivity contribution is -0.116. The number of ether oxygens (including phenoxy) is 1. The summed E-state index contributed by atoms with van der Waals surface area (Å²) in [5.74, 6) is 0.737. The molecular formula is C16H27NO4. The minimum atomic E-state index is -0.848. The van der Waals surface area contributed by atoms with Gasteiger partial charge in [0.25, 0.3) is 0 Å². The van der Waals surface area contributed by atoms with E-state index in [-0.39, 0.29) is 18.1 Å². The van der Waals surface area contributed by atoms with Crippen LogP contribution in [0.4, 0.5) is 4.79 Å². The highest BCUT2D eigenvalue weighted by molar-refractivity contribution is 5.66. The summed E-state index contributed by atoms with van der Waals surface area (Å²) in [5, 5.41) is 9.54. The monoisotopic (exact) mass is 297 g/mol. The Morgan fingerprint density at radius 1 is 1.29 bits per heavy atom. The molecule has 5 nitrogen and oxygen atoms in total. The molecule has 21 heavy (non-hydrogen) atoms. The first kappa shape index (κ1) is 16.3. The third kappa shape index (κ3) is 3.07. The van der Waals surface area contributed by atoms with E-state index in [9.17, 15) is 14.7 Å². The van der Waals surface area contributed by atoms with E-state index in [1.807, 2.05) is 20.8 Å². The number of aldehydes is 1. The second-order valence-corrected chi connectivity index (χ2v) is 7.44. The Morgan fingerprint density at radius 3 is 2.43 bits per heavy atom. The number of methoxy groups -OCH3 is 1. The third-order valence-corrected chi connectivity index (χ3v) is 5.23. The maximum absolute atomic E-state index is 11.6. The molecule has 2 aliphatic carbocycles. The molecule has 0 saturated heterocycles. The van der Waals surface area contributed by atoms with E-state index >= 15 is 0 Å². The minimum absolute atomic E-state index is 0.00386. The SMILES string of the molecule is CO[C@H]1C[C@H]2CC(N(C(=O)O)C(C)(C)C)CC[C@H]2[C@@H]1C=O. The van der Waals surface area contributed by atoms with Crippen molar-refractivity contribution in [3.8, 4) is 0 Å². The topological polar surface area (TPSA) is 66.8 Å². The highest BCUT2D eigenvalue weighted by atomic mass is 16.5. The second kappa shape index (κ2) is 5.95. The van der Waals surface area contributed by atoms with Crippen molar-refractivity contribution in [2.75, 3.05) is 7.11 Å². The first-order chi connectivity index (χ1) is 9.79. The normalized spacial score (nSPS) is 36.1. The van der Waals surface area contributed by atoms with Gasteiger partial charge in [-0.1, -0.05) is 0 Å². The largest absolute Gasteiger partial charge is 0.465 e. The summed E-state index contributed by atoms with van der Waals surface area (Å²) in [5.41, 5.74) is -0.396. The second-order valence-electron chi connectivity index (χ2n) is 7.44. The van der Waals surface area contributed by atoms with Crippen molar-refractivity contribution in [1.82, 2.24) is 4.90 Å². The molecule has 5 atom stereocenters. The van der Waals surface area contributed by atoms with Gasteiger partial charge in [0, 0.05) is 24.6 Å². The highest BCUT2D eigenvalue weighted by Gasteiger charge is 2.48. The van der Waals surface area contributed by atoms with Crippen LogP contribution in [0.1, 0.15) is 46.5 Å². The standard InChI is InChI=1S/C16H27NO4/c1-16(2,3)17(15(19)20)11-5-6-12-10(7-11)8-14(21-4)13(12)9-18/h9-14H,5-8H2,1-4H3,(H,19,20)/t10-,11?,12-,13+,14+/m1/s1. The molecule has 0 aromatic rings. The molecule has 1 amide bonds. The predicted octanol–water partition coefficient (Wildman–Crippen LogP) is 2.78. The summed E-state index contributed by atoms with van der Waals surface area (Å²) in [6.07, 6.45) is 3.67. The van der Waals surface area contributed by atoms with E-state index < -0.39 is 11.6 Å². The van der Waals surface area contributed by atoms with Gasteiger partial charge >= 0.3 is 6.09 Å². The molecule has 0 radical (unpaired) electrons. The number of hydrogen-bond acceptors (Lipinski definition) is 3. The fraction of sp³-hybridized carbons (Fsp3) is 0.875. The molecule has 5 heteroatoms. The molecule has 0 bridgehead atoms. The average molecular weight is 297 g/mol. The Kier molecular flexibility index (Phi) is 4.61. The van der Waals surface area contributed by atoms with E-state index in [4.69, 9.17) is 4.74 Å². The van der Waals surface area contributed by atoms with Crippen LogP contribution in [0.5, 0.6) is 0 Å². The van der Waals surface area contributed by atoms with Crippen LogP contribution in [0.15, 0.2) is 0 Å². The zero-order valence-corrected chi connectivity index (χ0v) is 13.4. The summed E-state index contributed by atoms with van der Waals surface area (Å²) >= 11 is 0. The predicted molar refractivity (Wildman–Crippen MR) is 79.2 cm³/mol. The number of fused-ring (bicyclic) bond motifs is 1. The Morgan fingerprint density at radius 2 is 1.95 bits per heavy atom. The van der Waals surface area contributed by atoms with Crippen LogP contribution in [0.25, 0.3) is 0 Å². The summed E-state index contributed by atoms with van der Waals surface area (Å²) in [4.78, 5) is 24.5. The van der Waals surface area contributed by atoms with Crippen molar-refractivity contribution in [2.45, 2.75) is 64.1 Å². The van der Waals surface area contributed by atoms with Gasteiger partial charge in [-0.25, -0.2) is 4.79 Å². The quantitative estimate of drug-likeness (QED) is 0.813. The van der Waals surface area contributed by atoms with Gasteiger partial charge in [-0.3, -0.25) is 0 Å². The van der Waals surface area contributed by atoms with E-state index in [0.717, 1.165) is 32.0 Å². The molecule has 1 N–H and O–H groups in total. The highest BCUT2D eigenvalue weighted by Crippen LogP contribution is 2.47. The molecule has 120 valence electrons. The lowest BCUT2D eigenvalue weighted by atomic mass is 9.75. The summed E-state index contributed by atoms with van der Waals surface area (Å²) in [6, 6.07) is 0.0478. The van der Waals surface area contributed by atoms with Crippen LogP contribution >= 0.6 is 0 Å². The van der Waals surface area contributed by atoms with Crippen LogP contribution in [0.3, 0.4) is 0 Å². The maximum Gasteiger partial charge on any atom is 0.407 e. The van der Waals surface area contributed by atoms with Gasteiger partial charge in [0.2, 0.25) is 0 Å². The molecule has 0 aliphatic heterocycles. The summed E-state index contributed by atoms with van der Waals surface area (Å²) in [6.45, 7) is 5.82. The first-order valence-corrected chi connectivity index (χ1v) is 7.80. The molecule has 2 fully saturated rings. The van der Waals surface area contributed by atoms with Crippen molar-refractivity contribution in [1.29, 1.82) is 0 Å². The molecule has 0 aromatic heterocycles. The average Bonchev–Trinajstić information content (AvgIpc) is 2.73. The maximum atomic E-state index is 11.6. The Labute approximate surface area is 126 Å². The van der Waals surface area contributed by atoms with Gasteiger partial charge in [-0.15, -0.1) is 0 Å². The van der Waals surface area contributed by atoms with Crippen molar-refractivity contribution >= 4 is 12.4 Å². The number of amides is 1. The zero-order valence-electron chi connectivity index (χ0n) is 13.4.